The van der Waals surface area contributed by atoms with Crippen LogP contribution in [0.3, 0.4) is 0 Å². The van der Waals surface area contributed by atoms with Crippen LogP contribution in [0, 0.1) is 0 Å². The van der Waals surface area contributed by atoms with Gasteiger partial charge in [-0.1, -0.05) is 48.5 Å². The quantitative estimate of drug-likeness (QED) is 0.697. The normalized spacial score (nSPS) is 12.9. The number of para-hydroxylation sites is 1. The predicted molar refractivity (Wildman–Crippen MR) is 80.5 cm³/mol. The lowest BCUT2D eigenvalue weighted by Crippen LogP contribution is -2.22. The van der Waals surface area contributed by atoms with E-state index in [1.165, 1.54) is 10.4 Å². The highest BCUT2D eigenvalue weighted by Gasteiger charge is 2.16. The molecule has 0 aliphatic carbocycles. The largest absolute Gasteiger partial charge is 0.357 e. The van der Waals surface area contributed by atoms with Crippen molar-refractivity contribution in [2.24, 2.45) is 0 Å². The van der Waals surface area contributed by atoms with E-state index in [1.807, 2.05) is 55.5 Å². The summed E-state index contributed by atoms with van der Waals surface area (Å²) in [5.74, 6) is 0. The molecule has 0 aliphatic rings. The molecule has 0 saturated carbocycles. The summed E-state index contributed by atoms with van der Waals surface area (Å²) in [7, 11) is 0. The zero-order valence-electron chi connectivity index (χ0n) is 11.5. The monoisotopic (exact) mass is 266 g/mol. The fourth-order valence-corrected chi connectivity index (χ4v) is 2.39. The van der Waals surface area contributed by atoms with Crippen molar-refractivity contribution in [3.05, 3.63) is 71.9 Å². The maximum atomic E-state index is 10.3. The van der Waals surface area contributed by atoms with Crippen molar-refractivity contribution in [2.75, 3.05) is 0 Å². The van der Waals surface area contributed by atoms with Gasteiger partial charge in [-0.25, -0.2) is 0 Å². The number of aromatic amines is 1. The van der Waals surface area contributed by atoms with Gasteiger partial charge in [-0.2, -0.15) is 5.06 Å². The zero-order valence-corrected chi connectivity index (χ0v) is 11.5. The van der Waals surface area contributed by atoms with E-state index in [2.05, 4.69) is 17.1 Å². The van der Waals surface area contributed by atoms with E-state index in [1.54, 1.807) is 0 Å². The Hall–Kier alpha value is -2.10. The highest BCUT2D eigenvalue weighted by Crippen LogP contribution is 2.24. The first kappa shape index (κ1) is 12.9. The zero-order chi connectivity index (χ0) is 13.9. The Morgan fingerprint density at radius 2 is 1.75 bits per heavy atom. The van der Waals surface area contributed by atoms with Crippen molar-refractivity contribution in [1.82, 2.24) is 10.0 Å². The van der Waals surface area contributed by atoms with Gasteiger partial charge in [0.05, 0.1) is 6.04 Å². The van der Waals surface area contributed by atoms with E-state index in [-0.39, 0.29) is 6.04 Å². The van der Waals surface area contributed by atoms with Crippen molar-refractivity contribution >= 4 is 10.9 Å². The van der Waals surface area contributed by atoms with E-state index < -0.39 is 0 Å². The Labute approximate surface area is 118 Å². The van der Waals surface area contributed by atoms with Gasteiger partial charge < -0.3 is 10.2 Å². The van der Waals surface area contributed by atoms with Crippen LogP contribution < -0.4 is 0 Å². The first-order valence-electron chi connectivity index (χ1n) is 6.81. The Morgan fingerprint density at radius 1 is 1.05 bits per heavy atom. The van der Waals surface area contributed by atoms with Gasteiger partial charge in [0.1, 0.15) is 0 Å². The molecule has 0 amide bonds. The minimum Gasteiger partial charge on any atom is -0.357 e. The molecule has 2 aromatic carbocycles. The summed E-state index contributed by atoms with van der Waals surface area (Å²) in [4.78, 5) is 3.36. The van der Waals surface area contributed by atoms with Crippen molar-refractivity contribution < 1.29 is 5.21 Å². The average molecular weight is 266 g/mol. The second-order valence-corrected chi connectivity index (χ2v) is 5.07. The second-order valence-electron chi connectivity index (χ2n) is 5.07. The van der Waals surface area contributed by atoms with E-state index in [0.29, 0.717) is 6.54 Å². The third kappa shape index (κ3) is 2.59. The van der Waals surface area contributed by atoms with Gasteiger partial charge in [0.25, 0.3) is 0 Å². The van der Waals surface area contributed by atoms with Crippen LogP contribution in [0.25, 0.3) is 10.9 Å². The molecule has 20 heavy (non-hydrogen) atoms. The highest BCUT2D eigenvalue weighted by molar-refractivity contribution is 5.80. The molecule has 3 nitrogen and oxygen atoms in total. The number of aromatic nitrogens is 1. The fourth-order valence-electron chi connectivity index (χ4n) is 2.39. The minimum absolute atomic E-state index is 0.0809. The maximum Gasteiger partial charge on any atom is 0.0725 e. The Bertz CT molecular complexity index is 657. The van der Waals surface area contributed by atoms with Gasteiger partial charge >= 0.3 is 0 Å². The number of hydroxylamine groups is 2. The van der Waals surface area contributed by atoms with E-state index in [0.717, 1.165) is 16.8 Å². The lowest BCUT2D eigenvalue weighted by Gasteiger charge is -2.21. The molecule has 1 unspecified atom stereocenters. The fraction of sp³-hybridized carbons (Fsp3) is 0.176. The van der Waals surface area contributed by atoms with Crippen molar-refractivity contribution in [1.29, 1.82) is 0 Å². The molecule has 3 aromatic rings. The SMILES string of the molecule is CC(c1cc2ccccc2[nH]1)N(O)Cc1ccccc1. The first-order chi connectivity index (χ1) is 9.74. The van der Waals surface area contributed by atoms with Crippen molar-refractivity contribution in [2.45, 2.75) is 19.5 Å². The number of rotatable bonds is 4. The maximum absolute atomic E-state index is 10.3. The summed E-state index contributed by atoms with van der Waals surface area (Å²) in [6, 6.07) is 20.1. The molecular weight excluding hydrogens is 248 g/mol. The van der Waals surface area contributed by atoms with Gasteiger partial charge in [-0.05, 0) is 30.0 Å². The smallest absolute Gasteiger partial charge is 0.0725 e. The summed E-state index contributed by atoms with van der Waals surface area (Å²) < 4.78 is 0. The Morgan fingerprint density at radius 3 is 2.50 bits per heavy atom. The molecule has 1 aromatic heterocycles. The molecule has 2 N–H and O–H groups in total. The summed E-state index contributed by atoms with van der Waals surface area (Å²) in [5, 5.41) is 12.8. The molecular formula is C17H18N2O. The lowest BCUT2D eigenvalue weighted by atomic mass is 10.1. The number of benzene rings is 2. The molecule has 3 heteroatoms. The molecule has 0 aliphatic heterocycles. The molecule has 102 valence electrons. The number of hydrogen-bond donors (Lipinski definition) is 2. The summed E-state index contributed by atoms with van der Waals surface area (Å²) in [6.07, 6.45) is 0. The van der Waals surface area contributed by atoms with Crippen LogP contribution in [0.5, 0.6) is 0 Å². The summed E-state index contributed by atoms with van der Waals surface area (Å²) in [6.45, 7) is 2.50. The van der Waals surface area contributed by atoms with E-state index >= 15 is 0 Å². The number of nitrogens with one attached hydrogen (secondary N) is 1. The topological polar surface area (TPSA) is 39.3 Å². The molecule has 1 atom stereocenters. The number of H-pyrrole nitrogens is 1. The molecule has 1 heterocycles. The second kappa shape index (κ2) is 5.49. The molecule has 0 radical (unpaired) electrons. The number of fused-ring (bicyclic) bond motifs is 1. The van der Waals surface area contributed by atoms with Crippen LogP contribution in [0.15, 0.2) is 60.7 Å². The van der Waals surface area contributed by atoms with Crippen molar-refractivity contribution in [3.8, 4) is 0 Å². The van der Waals surface area contributed by atoms with Crippen LogP contribution >= 0.6 is 0 Å². The Balaban J connectivity index is 1.79. The van der Waals surface area contributed by atoms with Crippen LogP contribution in [0.1, 0.15) is 24.2 Å². The van der Waals surface area contributed by atoms with Gasteiger partial charge in [0, 0.05) is 17.8 Å². The third-order valence-corrected chi connectivity index (χ3v) is 3.64. The third-order valence-electron chi connectivity index (χ3n) is 3.64. The summed E-state index contributed by atoms with van der Waals surface area (Å²) >= 11 is 0. The Kier molecular flexibility index (Phi) is 3.54. The summed E-state index contributed by atoms with van der Waals surface area (Å²) in [5.41, 5.74) is 3.21. The molecule has 0 saturated heterocycles. The predicted octanol–water partition coefficient (Wildman–Crippen LogP) is 4.12. The number of hydrogen-bond acceptors (Lipinski definition) is 2. The number of nitrogens with zero attached hydrogens (tertiary/aromatic N) is 1. The minimum atomic E-state index is -0.0809. The van der Waals surface area contributed by atoms with E-state index in [9.17, 15) is 5.21 Å². The average Bonchev–Trinajstić information content (AvgIpc) is 2.91. The highest BCUT2D eigenvalue weighted by atomic mass is 16.5. The van der Waals surface area contributed by atoms with Gasteiger partial charge in [-0.3, -0.25) is 0 Å². The molecule has 3 rings (SSSR count). The van der Waals surface area contributed by atoms with Crippen molar-refractivity contribution in [3.63, 3.8) is 0 Å². The van der Waals surface area contributed by atoms with Crippen LogP contribution in [0.2, 0.25) is 0 Å². The first-order valence-corrected chi connectivity index (χ1v) is 6.81. The van der Waals surface area contributed by atoms with Gasteiger partial charge in [0.15, 0.2) is 0 Å². The molecule has 0 spiro atoms. The van der Waals surface area contributed by atoms with Gasteiger partial charge in [0.2, 0.25) is 0 Å². The molecule has 0 bridgehead atoms. The molecule has 0 fully saturated rings. The standard InChI is InChI=1S/C17H18N2O/c1-13(19(20)12-14-7-3-2-4-8-14)17-11-15-9-5-6-10-16(15)18-17/h2-11,13,18,20H,12H2,1H3. The van der Waals surface area contributed by atoms with Crippen LogP contribution in [0.4, 0.5) is 0 Å². The van der Waals surface area contributed by atoms with Crippen LogP contribution in [-0.4, -0.2) is 15.3 Å². The lowest BCUT2D eigenvalue weighted by molar-refractivity contribution is -0.133. The van der Waals surface area contributed by atoms with E-state index in [4.69, 9.17) is 0 Å². The van der Waals surface area contributed by atoms with Crippen LogP contribution in [-0.2, 0) is 6.54 Å². The van der Waals surface area contributed by atoms with Gasteiger partial charge in [-0.15, -0.1) is 0 Å².